The third kappa shape index (κ3) is 4.29. The second-order valence-electron chi connectivity index (χ2n) is 4.49. The fraction of sp³-hybridized carbons (Fsp3) is 0.222. The average Bonchev–Trinajstić information content (AvgIpc) is 2.48. The summed E-state index contributed by atoms with van der Waals surface area (Å²) in [6.45, 7) is 2.94. The molecule has 0 N–H and O–H groups in total. The van der Waals surface area contributed by atoms with Crippen LogP contribution in [0, 0.1) is 0 Å². The van der Waals surface area contributed by atoms with E-state index in [0.717, 1.165) is 36.3 Å². The highest BCUT2D eigenvalue weighted by Gasteiger charge is 2.02. The van der Waals surface area contributed by atoms with Crippen molar-refractivity contribution in [1.29, 1.82) is 0 Å². The van der Waals surface area contributed by atoms with Crippen molar-refractivity contribution in [3.05, 3.63) is 71.8 Å². The molecule has 1 heteroatoms. The molecule has 98 valence electrons. The zero-order valence-electron chi connectivity index (χ0n) is 11.4. The Balaban J connectivity index is 2.22. The van der Waals surface area contributed by atoms with E-state index in [4.69, 9.17) is 4.74 Å². The van der Waals surface area contributed by atoms with Gasteiger partial charge in [0.15, 0.2) is 0 Å². The minimum atomic E-state index is 0.768. The Morgan fingerprint density at radius 3 is 2.21 bits per heavy atom. The number of ether oxygens (including phenoxy) is 1. The van der Waals surface area contributed by atoms with Crippen molar-refractivity contribution in [2.24, 2.45) is 0 Å². The van der Waals surface area contributed by atoms with Gasteiger partial charge in [-0.2, -0.15) is 0 Å². The zero-order valence-corrected chi connectivity index (χ0v) is 11.4. The molecule has 0 aliphatic rings. The molecule has 0 fully saturated rings. The molecule has 0 heterocycles. The van der Waals surface area contributed by atoms with Crippen molar-refractivity contribution in [3.8, 4) is 0 Å². The van der Waals surface area contributed by atoms with Crippen LogP contribution in [-0.2, 0) is 4.74 Å². The lowest BCUT2D eigenvalue weighted by atomic mass is 10.1. The van der Waals surface area contributed by atoms with Crippen LogP contribution in [-0.4, -0.2) is 6.61 Å². The van der Waals surface area contributed by atoms with Crippen LogP contribution in [0.5, 0.6) is 0 Å². The molecular formula is C18H20O. The molecule has 2 rings (SSSR count). The monoisotopic (exact) mass is 252 g/mol. The molecule has 0 saturated heterocycles. The number of hydrogen-bond acceptors (Lipinski definition) is 1. The van der Waals surface area contributed by atoms with Crippen molar-refractivity contribution in [2.75, 3.05) is 6.61 Å². The van der Waals surface area contributed by atoms with Crippen LogP contribution >= 0.6 is 0 Å². The van der Waals surface area contributed by atoms with E-state index in [1.54, 1.807) is 0 Å². The van der Waals surface area contributed by atoms with Crippen LogP contribution in [0.4, 0.5) is 0 Å². The van der Waals surface area contributed by atoms with Gasteiger partial charge in [-0.1, -0.05) is 74.0 Å². The number of hydrogen-bond donors (Lipinski definition) is 0. The molecule has 2 aromatic carbocycles. The summed E-state index contributed by atoms with van der Waals surface area (Å²) in [6.07, 6.45) is 4.33. The molecule has 0 saturated carbocycles. The lowest BCUT2D eigenvalue weighted by Gasteiger charge is -2.10. The van der Waals surface area contributed by atoms with Gasteiger partial charge in [-0.05, 0) is 18.1 Å². The maximum absolute atomic E-state index is 5.93. The Bertz CT molecular complexity index is 500. The van der Waals surface area contributed by atoms with Crippen LogP contribution in [0.1, 0.15) is 30.9 Å². The predicted octanol–water partition coefficient (Wildman–Crippen LogP) is 5.00. The molecule has 0 aliphatic carbocycles. The number of rotatable bonds is 6. The van der Waals surface area contributed by atoms with Crippen molar-refractivity contribution in [1.82, 2.24) is 0 Å². The summed E-state index contributed by atoms with van der Waals surface area (Å²) in [6, 6.07) is 20.6. The van der Waals surface area contributed by atoms with Crippen LogP contribution < -0.4 is 0 Å². The van der Waals surface area contributed by atoms with Gasteiger partial charge in [-0.25, -0.2) is 0 Å². The lowest BCUT2D eigenvalue weighted by molar-refractivity contribution is 0.272. The molecule has 0 bridgehead atoms. The SMILES string of the molecule is CCCCOC(=Cc1ccccc1)c1ccccc1. The maximum atomic E-state index is 5.93. The maximum Gasteiger partial charge on any atom is 0.127 e. The van der Waals surface area contributed by atoms with Gasteiger partial charge in [0.1, 0.15) is 5.76 Å². The Labute approximate surface area is 115 Å². The van der Waals surface area contributed by atoms with Gasteiger partial charge in [0.25, 0.3) is 0 Å². The molecule has 0 aliphatic heterocycles. The van der Waals surface area contributed by atoms with Crippen molar-refractivity contribution < 1.29 is 4.74 Å². The van der Waals surface area contributed by atoms with E-state index in [9.17, 15) is 0 Å². The van der Waals surface area contributed by atoms with E-state index < -0.39 is 0 Å². The van der Waals surface area contributed by atoms with Crippen molar-refractivity contribution in [3.63, 3.8) is 0 Å². The van der Waals surface area contributed by atoms with E-state index in [1.165, 1.54) is 0 Å². The second kappa shape index (κ2) is 7.42. The first-order chi connectivity index (χ1) is 9.40. The van der Waals surface area contributed by atoms with E-state index in [1.807, 2.05) is 36.4 Å². The zero-order chi connectivity index (χ0) is 13.3. The van der Waals surface area contributed by atoms with Crippen LogP contribution in [0.25, 0.3) is 11.8 Å². The highest BCUT2D eigenvalue weighted by Crippen LogP contribution is 2.19. The van der Waals surface area contributed by atoms with Gasteiger partial charge in [0.05, 0.1) is 6.61 Å². The molecule has 0 aromatic heterocycles. The highest BCUT2D eigenvalue weighted by atomic mass is 16.5. The molecule has 0 amide bonds. The number of unbranched alkanes of at least 4 members (excludes halogenated alkanes) is 1. The Morgan fingerprint density at radius 2 is 1.58 bits per heavy atom. The quantitative estimate of drug-likeness (QED) is 0.399. The smallest absolute Gasteiger partial charge is 0.127 e. The first kappa shape index (κ1) is 13.4. The summed E-state index contributed by atoms with van der Waals surface area (Å²) in [5, 5.41) is 0. The minimum absolute atomic E-state index is 0.768. The van der Waals surface area contributed by atoms with Gasteiger partial charge in [-0.3, -0.25) is 0 Å². The van der Waals surface area contributed by atoms with Crippen molar-refractivity contribution >= 4 is 11.8 Å². The van der Waals surface area contributed by atoms with Crippen LogP contribution in [0.3, 0.4) is 0 Å². The predicted molar refractivity (Wildman–Crippen MR) is 81.6 cm³/mol. The Hall–Kier alpha value is -2.02. The third-order valence-corrected chi connectivity index (χ3v) is 2.91. The first-order valence-electron chi connectivity index (χ1n) is 6.85. The molecule has 1 nitrogen and oxygen atoms in total. The van der Waals surface area contributed by atoms with E-state index in [2.05, 4.69) is 37.3 Å². The Morgan fingerprint density at radius 1 is 0.947 bits per heavy atom. The van der Waals surface area contributed by atoms with Gasteiger partial charge < -0.3 is 4.74 Å². The summed E-state index contributed by atoms with van der Waals surface area (Å²) in [5.74, 6) is 0.945. The summed E-state index contributed by atoms with van der Waals surface area (Å²) in [7, 11) is 0. The van der Waals surface area contributed by atoms with Gasteiger partial charge in [-0.15, -0.1) is 0 Å². The van der Waals surface area contributed by atoms with Crippen LogP contribution in [0.15, 0.2) is 60.7 Å². The van der Waals surface area contributed by atoms with Gasteiger partial charge in [0.2, 0.25) is 0 Å². The molecule has 0 unspecified atom stereocenters. The molecule has 19 heavy (non-hydrogen) atoms. The van der Waals surface area contributed by atoms with E-state index >= 15 is 0 Å². The topological polar surface area (TPSA) is 9.23 Å². The fourth-order valence-corrected chi connectivity index (χ4v) is 1.84. The largest absolute Gasteiger partial charge is 0.493 e. The summed E-state index contributed by atoms with van der Waals surface area (Å²) in [5.41, 5.74) is 2.29. The summed E-state index contributed by atoms with van der Waals surface area (Å²) >= 11 is 0. The van der Waals surface area contributed by atoms with Gasteiger partial charge in [0, 0.05) is 5.56 Å². The van der Waals surface area contributed by atoms with E-state index in [-0.39, 0.29) is 0 Å². The molecule has 0 radical (unpaired) electrons. The fourth-order valence-electron chi connectivity index (χ4n) is 1.84. The minimum Gasteiger partial charge on any atom is -0.493 e. The Kier molecular flexibility index (Phi) is 5.24. The van der Waals surface area contributed by atoms with Crippen LogP contribution in [0.2, 0.25) is 0 Å². The molecular weight excluding hydrogens is 232 g/mol. The number of benzene rings is 2. The van der Waals surface area contributed by atoms with Gasteiger partial charge >= 0.3 is 0 Å². The summed E-state index contributed by atoms with van der Waals surface area (Å²) < 4.78 is 5.93. The average molecular weight is 252 g/mol. The molecule has 0 spiro atoms. The normalized spacial score (nSPS) is 11.3. The highest BCUT2D eigenvalue weighted by molar-refractivity contribution is 5.77. The molecule has 2 aromatic rings. The van der Waals surface area contributed by atoms with E-state index in [0.29, 0.717) is 0 Å². The third-order valence-electron chi connectivity index (χ3n) is 2.91. The lowest BCUT2D eigenvalue weighted by Crippen LogP contribution is -1.94. The standard InChI is InChI=1S/C18H20O/c1-2-3-14-19-18(17-12-8-5-9-13-17)15-16-10-6-4-7-11-16/h4-13,15H,2-3,14H2,1H3. The summed E-state index contributed by atoms with van der Waals surface area (Å²) in [4.78, 5) is 0. The second-order valence-corrected chi connectivity index (χ2v) is 4.49. The first-order valence-corrected chi connectivity index (χ1v) is 6.85. The molecule has 0 atom stereocenters. The van der Waals surface area contributed by atoms with Crippen molar-refractivity contribution in [2.45, 2.75) is 19.8 Å².